The van der Waals surface area contributed by atoms with E-state index in [-0.39, 0.29) is 11.8 Å². The van der Waals surface area contributed by atoms with Gasteiger partial charge in [-0.05, 0) is 18.1 Å². The second-order valence-corrected chi connectivity index (χ2v) is 6.18. The molecular weight excluding hydrogens is 330 g/mol. The van der Waals surface area contributed by atoms with Crippen molar-refractivity contribution in [3.8, 4) is 5.82 Å². The van der Waals surface area contributed by atoms with Gasteiger partial charge in [-0.2, -0.15) is 5.10 Å². The molecule has 3 heterocycles. The summed E-state index contributed by atoms with van der Waals surface area (Å²) >= 11 is 0. The van der Waals surface area contributed by atoms with Crippen LogP contribution >= 0.6 is 0 Å². The normalized spacial score (nSPS) is 14.1. The molecule has 26 heavy (non-hydrogen) atoms. The molecule has 0 saturated carbocycles. The molecule has 8 heteroatoms. The summed E-state index contributed by atoms with van der Waals surface area (Å²) in [5.74, 6) is 1.43. The maximum atomic E-state index is 12.5. The van der Waals surface area contributed by atoms with Crippen molar-refractivity contribution in [3.63, 3.8) is 0 Å². The Bertz CT molecular complexity index is 903. The molecule has 1 N–H and O–H groups in total. The molecule has 1 saturated heterocycles. The van der Waals surface area contributed by atoms with Gasteiger partial charge in [0.1, 0.15) is 24.8 Å². The Balaban J connectivity index is 1.39. The van der Waals surface area contributed by atoms with Gasteiger partial charge in [0.05, 0.1) is 5.92 Å². The Morgan fingerprint density at radius 1 is 1.19 bits per heavy atom. The molecule has 1 aliphatic heterocycles. The summed E-state index contributed by atoms with van der Waals surface area (Å²) in [5, 5.41) is 7.12. The smallest absolute Gasteiger partial charge is 0.231 e. The van der Waals surface area contributed by atoms with E-state index in [4.69, 9.17) is 0 Å². The van der Waals surface area contributed by atoms with Gasteiger partial charge >= 0.3 is 0 Å². The summed E-state index contributed by atoms with van der Waals surface area (Å²) in [6.07, 6.45) is 5.43. The summed E-state index contributed by atoms with van der Waals surface area (Å²) in [6.45, 7) is 3.35. The first kappa shape index (κ1) is 16.2. The summed E-state index contributed by atoms with van der Waals surface area (Å²) < 4.78 is 1.58. The van der Waals surface area contributed by atoms with Crippen LogP contribution < -0.4 is 10.2 Å². The van der Waals surface area contributed by atoms with Crippen molar-refractivity contribution in [1.29, 1.82) is 0 Å². The zero-order chi connectivity index (χ0) is 17.9. The molecule has 2 aromatic heterocycles. The predicted molar refractivity (Wildman–Crippen MR) is 97.1 cm³/mol. The number of carbonyl (C=O) groups excluding carboxylic acids is 1. The van der Waals surface area contributed by atoms with Gasteiger partial charge in [-0.3, -0.25) is 4.79 Å². The topological polar surface area (TPSA) is 88.8 Å². The van der Waals surface area contributed by atoms with Gasteiger partial charge in [0.25, 0.3) is 0 Å². The summed E-state index contributed by atoms with van der Waals surface area (Å²) in [6, 6.07) is 9.75. The van der Waals surface area contributed by atoms with Crippen molar-refractivity contribution < 1.29 is 4.79 Å². The van der Waals surface area contributed by atoms with Crippen LogP contribution in [0.25, 0.3) is 5.82 Å². The van der Waals surface area contributed by atoms with Crippen LogP contribution in [0.15, 0.2) is 49.3 Å². The van der Waals surface area contributed by atoms with Crippen LogP contribution in [-0.2, 0) is 11.2 Å². The average Bonchev–Trinajstić information content (AvgIpc) is 3.16. The van der Waals surface area contributed by atoms with Crippen molar-refractivity contribution in [2.45, 2.75) is 13.3 Å². The number of nitrogens with one attached hydrogen (secondary N) is 1. The third-order valence-electron chi connectivity index (χ3n) is 4.52. The van der Waals surface area contributed by atoms with Gasteiger partial charge in [0.2, 0.25) is 5.91 Å². The van der Waals surface area contributed by atoms with Crippen LogP contribution in [0.4, 0.5) is 11.5 Å². The van der Waals surface area contributed by atoms with Crippen molar-refractivity contribution in [2.75, 3.05) is 23.3 Å². The monoisotopic (exact) mass is 349 g/mol. The Kier molecular flexibility index (Phi) is 4.30. The van der Waals surface area contributed by atoms with E-state index in [1.54, 1.807) is 11.0 Å². The van der Waals surface area contributed by atoms with Crippen LogP contribution in [-0.4, -0.2) is 43.7 Å². The van der Waals surface area contributed by atoms with Crippen LogP contribution in [0.1, 0.15) is 12.5 Å². The van der Waals surface area contributed by atoms with E-state index in [9.17, 15) is 4.79 Å². The molecule has 1 amide bonds. The Labute approximate surface area is 150 Å². The minimum Gasteiger partial charge on any atom is -0.355 e. The molecule has 132 valence electrons. The molecule has 3 aromatic rings. The minimum absolute atomic E-state index is 0.0488. The van der Waals surface area contributed by atoms with Crippen LogP contribution in [0.5, 0.6) is 0 Å². The average molecular weight is 349 g/mol. The highest BCUT2D eigenvalue weighted by atomic mass is 16.2. The van der Waals surface area contributed by atoms with E-state index in [1.807, 2.05) is 30.3 Å². The third kappa shape index (κ3) is 3.13. The van der Waals surface area contributed by atoms with Crippen LogP contribution in [0, 0.1) is 5.92 Å². The summed E-state index contributed by atoms with van der Waals surface area (Å²) in [7, 11) is 0. The SMILES string of the molecule is CCc1ccccc1NC(=O)C1CN(c2cc(-n3cncn3)ncn2)C1. The molecule has 0 radical (unpaired) electrons. The standard InChI is InChI=1S/C18H19N7O/c1-2-13-5-3-4-6-15(13)23-18(26)14-8-24(9-14)16-7-17(21-11-20-16)25-12-19-10-22-25/h3-7,10-12,14H,2,8-9H2,1H3,(H,23,26). The van der Waals surface area contributed by atoms with Crippen molar-refractivity contribution in [2.24, 2.45) is 5.92 Å². The fraction of sp³-hybridized carbons (Fsp3) is 0.278. The van der Waals surface area contributed by atoms with E-state index in [2.05, 4.69) is 37.2 Å². The van der Waals surface area contributed by atoms with E-state index in [1.165, 1.54) is 12.7 Å². The van der Waals surface area contributed by atoms with Gasteiger partial charge in [0.15, 0.2) is 5.82 Å². The van der Waals surface area contributed by atoms with Crippen molar-refractivity contribution >= 4 is 17.4 Å². The zero-order valence-corrected chi connectivity index (χ0v) is 14.4. The maximum Gasteiger partial charge on any atom is 0.231 e. The number of amides is 1. The van der Waals surface area contributed by atoms with Gasteiger partial charge in [0, 0.05) is 24.8 Å². The second kappa shape index (κ2) is 6.91. The van der Waals surface area contributed by atoms with Gasteiger partial charge in [-0.25, -0.2) is 19.6 Å². The first-order valence-electron chi connectivity index (χ1n) is 8.55. The fourth-order valence-corrected chi connectivity index (χ4v) is 2.98. The molecule has 0 atom stereocenters. The number of anilines is 2. The lowest BCUT2D eigenvalue weighted by atomic mass is 9.98. The molecule has 0 spiro atoms. The van der Waals surface area contributed by atoms with Crippen LogP contribution in [0.3, 0.4) is 0 Å². The number of hydrogen-bond acceptors (Lipinski definition) is 6. The zero-order valence-electron chi connectivity index (χ0n) is 14.4. The fourth-order valence-electron chi connectivity index (χ4n) is 2.98. The highest BCUT2D eigenvalue weighted by Crippen LogP contribution is 2.25. The minimum atomic E-state index is -0.0512. The van der Waals surface area contributed by atoms with Gasteiger partial charge in [-0.15, -0.1) is 0 Å². The number of nitrogens with zero attached hydrogens (tertiary/aromatic N) is 6. The first-order valence-corrected chi connectivity index (χ1v) is 8.55. The van der Waals surface area contributed by atoms with E-state index in [0.29, 0.717) is 18.9 Å². The lowest BCUT2D eigenvalue weighted by molar-refractivity contribution is -0.120. The Morgan fingerprint density at radius 3 is 2.77 bits per heavy atom. The molecule has 0 aliphatic carbocycles. The quantitative estimate of drug-likeness (QED) is 0.754. The van der Waals surface area contributed by atoms with Crippen molar-refractivity contribution in [3.05, 3.63) is 54.9 Å². The largest absolute Gasteiger partial charge is 0.355 e. The second-order valence-electron chi connectivity index (χ2n) is 6.18. The summed E-state index contributed by atoms with van der Waals surface area (Å²) in [5.41, 5.74) is 2.04. The van der Waals surface area contributed by atoms with E-state index in [0.717, 1.165) is 23.5 Å². The van der Waals surface area contributed by atoms with Crippen LogP contribution in [0.2, 0.25) is 0 Å². The molecule has 1 aromatic carbocycles. The Hall–Kier alpha value is -3.29. The molecule has 0 unspecified atom stereocenters. The lowest BCUT2D eigenvalue weighted by Gasteiger charge is -2.39. The highest BCUT2D eigenvalue weighted by Gasteiger charge is 2.34. The molecule has 1 fully saturated rings. The first-order chi connectivity index (χ1) is 12.7. The number of carbonyl (C=O) groups is 1. The molecule has 4 rings (SSSR count). The maximum absolute atomic E-state index is 12.5. The third-order valence-corrected chi connectivity index (χ3v) is 4.52. The number of para-hydroxylation sites is 1. The molecular formula is C18H19N7O. The predicted octanol–water partition coefficient (Wildman–Crippen LogP) is 1.69. The number of rotatable bonds is 5. The lowest BCUT2D eigenvalue weighted by Crippen LogP contribution is -2.52. The highest BCUT2D eigenvalue weighted by molar-refractivity contribution is 5.95. The number of hydrogen-bond donors (Lipinski definition) is 1. The van der Waals surface area contributed by atoms with Gasteiger partial charge in [-0.1, -0.05) is 25.1 Å². The summed E-state index contributed by atoms with van der Waals surface area (Å²) in [4.78, 5) is 27.0. The number of benzene rings is 1. The van der Waals surface area contributed by atoms with Crippen molar-refractivity contribution in [1.82, 2.24) is 24.7 Å². The molecule has 1 aliphatic rings. The van der Waals surface area contributed by atoms with E-state index < -0.39 is 0 Å². The Morgan fingerprint density at radius 2 is 2.00 bits per heavy atom. The number of aryl methyl sites for hydroxylation is 1. The molecule has 8 nitrogen and oxygen atoms in total. The number of aromatic nitrogens is 5. The molecule has 0 bridgehead atoms. The van der Waals surface area contributed by atoms with Gasteiger partial charge < -0.3 is 10.2 Å². The van der Waals surface area contributed by atoms with E-state index >= 15 is 0 Å².